The molecular formula is C22H39IN4O. The molecular weight excluding hydrogens is 463 g/mol. The number of ether oxygens (including phenoxy) is 1. The molecule has 5 nitrogen and oxygen atoms in total. The van der Waals surface area contributed by atoms with Gasteiger partial charge in [0.05, 0.1) is 6.54 Å². The van der Waals surface area contributed by atoms with Gasteiger partial charge in [0.1, 0.15) is 0 Å². The number of nitrogens with one attached hydrogen (secondary N) is 2. The summed E-state index contributed by atoms with van der Waals surface area (Å²) in [5, 5.41) is 7.02. The molecule has 1 fully saturated rings. The van der Waals surface area contributed by atoms with Crippen molar-refractivity contribution in [2.45, 2.75) is 52.1 Å². The first-order chi connectivity index (χ1) is 13.1. The summed E-state index contributed by atoms with van der Waals surface area (Å²) in [4.78, 5) is 7.07. The minimum Gasteiger partial charge on any atom is -0.385 e. The van der Waals surface area contributed by atoms with Crippen LogP contribution < -0.4 is 10.6 Å². The molecule has 2 N–H and O–H groups in total. The second-order valence-electron chi connectivity index (χ2n) is 8.01. The molecule has 6 heteroatoms. The van der Waals surface area contributed by atoms with Crippen LogP contribution in [0.4, 0.5) is 0 Å². The number of guanidine groups is 1. The fraction of sp³-hybridized carbons (Fsp3) is 0.682. The zero-order valence-corrected chi connectivity index (χ0v) is 20.4. The van der Waals surface area contributed by atoms with Gasteiger partial charge in [-0.25, -0.2) is 4.99 Å². The average Bonchev–Trinajstić information content (AvgIpc) is 3.12. The third-order valence-electron chi connectivity index (χ3n) is 5.49. The molecule has 0 radical (unpaired) electrons. The molecule has 1 aromatic rings. The molecule has 0 aromatic heterocycles. The van der Waals surface area contributed by atoms with Crippen molar-refractivity contribution in [3.05, 3.63) is 35.4 Å². The highest BCUT2D eigenvalue weighted by Gasteiger charge is 2.33. The third-order valence-corrected chi connectivity index (χ3v) is 5.49. The predicted octanol–water partition coefficient (Wildman–Crippen LogP) is 4.02. The first-order valence-electron chi connectivity index (χ1n) is 10.3. The van der Waals surface area contributed by atoms with Crippen LogP contribution in [-0.4, -0.2) is 51.8 Å². The van der Waals surface area contributed by atoms with E-state index >= 15 is 0 Å². The van der Waals surface area contributed by atoms with Gasteiger partial charge in [-0.2, -0.15) is 0 Å². The fourth-order valence-electron chi connectivity index (χ4n) is 3.94. The van der Waals surface area contributed by atoms with Crippen LogP contribution >= 0.6 is 24.0 Å². The lowest BCUT2D eigenvalue weighted by atomic mass is 9.83. The highest BCUT2D eigenvalue weighted by Crippen LogP contribution is 2.40. The van der Waals surface area contributed by atoms with Crippen LogP contribution in [0.5, 0.6) is 0 Å². The van der Waals surface area contributed by atoms with Crippen LogP contribution in [0.2, 0.25) is 0 Å². The zero-order chi connectivity index (χ0) is 19.5. The largest absolute Gasteiger partial charge is 0.385 e. The van der Waals surface area contributed by atoms with Gasteiger partial charge >= 0.3 is 0 Å². The molecule has 1 saturated carbocycles. The van der Waals surface area contributed by atoms with E-state index in [1.165, 1.54) is 36.8 Å². The monoisotopic (exact) mass is 502 g/mol. The van der Waals surface area contributed by atoms with Gasteiger partial charge in [0.2, 0.25) is 0 Å². The SMILES string of the molecule is CCNC(=NCc1ccccc1CN(C)C)NCC1(CCOC)CCCC1.I. The number of nitrogens with zero attached hydrogens (tertiary/aromatic N) is 2. The van der Waals surface area contributed by atoms with Gasteiger partial charge in [-0.3, -0.25) is 0 Å². The number of hydrogen-bond donors (Lipinski definition) is 2. The van der Waals surface area contributed by atoms with Crippen LogP contribution in [0.3, 0.4) is 0 Å². The lowest BCUT2D eigenvalue weighted by Crippen LogP contribution is -2.43. The number of rotatable bonds is 10. The summed E-state index contributed by atoms with van der Waals surface area (Å²) in [7, 11) is 6.01. The summed E-state index contributed by atoms with van der Waals surface area (Å²) in [6.45, 7) is 6.44. The predicted molar refractivity (Wildman–Crippen MR) is 129 cm³/mol. The highest BCUT2D eigenvalue weighted by atomic mass is 127. The molecule has 160 valence electrons. The Hall–Kier alpha value is -0.860. The maximum atomic E-state index is 5.36. The number of halogens is 1. The van der Waals surface area contributed by atoms with E-state index in [0.29, 0.717) is 12.0 Å². The minimum absolute atomic E-state index is 0. The quantitative estimate of drug-likeness (QED) is 0.288. The van der Waals surface area contributed by atoms with Gasteiger partial charge in [-0.15, -0.1) is 24.0 Å². The Bertz CT molecular complexity index is 586. The van der Waals surface area contributed by atoms with Gasteiger partial charge in [0, 0.05) is 33.4 Å². The lowest BCUT2D eigenvalue weighted by Gasteiger charge is -2.30. The van der Waals surface area contributed by atoms with E-state index in [-0.39, 0.29) is 24.0 Å². The topological polar surface area (TPSA) is 48.9 Å². The molecule has 0 spiro atoms. The smallest absolute Gasteiger partial charge is 0.191 e. The Morgan fingerprint density at radius 1 is 1.14 bits per heavy atom. The highest BCUT2D eigenvalue weighted by molar-refractivity contribution is 14.0. The molecule has 0 saturated heterocycles. The van der Waals surface area contributed by atoms with Crippen molar-refractivity contribution >= 4 is 29.9 Å². The van der Waals surface area contributed by atoms with Crippen LogP contribution in [0, 0.1) is 5.41 Å². The van der Waals surface area contributed by atoms with Gasteiger partial charge in [-0.05, 0) is 56.8 Å². The van der Waals surface area contributed by atoms with Crippen molar-refractivity contribution < 1.29 is 4.74 Å². The Balaban J connectivity index is 0.00000392. The van der Waals surface area contributed by atoms with E-state index in [0.717, 1.165) is 38.6 Å². The van der Waals surface area contributed by atoms with Gasteiger partial charge in [0.15, 0.2) is 5.96 Å². The number of hydrogen-bond acceptors (Lipinski definition) is 3. The Morgan fingerprint density at radius 3 is 2.43 bits per heavy atom. The number of methoxy groups -OCH3 is 1. The molecule has 28 heavy (non-hydrogen) atoms. The van der Waals surface area contributed by atoms with Gasteiger partial charge in [0.25, 0.3) is 0 Å². The molecule has 0 unspecified atom stereocenters. The zero-order valence-electron chi connectivity index (χ0n) is 18.1. The van der Waals surface area contributed by atoms with Crippen molar-refractivity contribution in [3.63, 3.8) is 0 Å². The average molecular weight is 502 g/mol. The second-order valence-corrected chi connectivity index (χ2v) is 8.01. The fourth-order valence-corrected chi connectivity index (χ4v) is 3.94. The van der Waals surface area contributed by atoms with Crippen LogP contribution in [0.1, 0.15) is 50.2 Å². The molecule has 0 amide bonds. The molecule has 1 aliphatic carbocycles. The summed E-state index contributed by atoms with van der Waals surface area (Å²) in [6, 6.07) is 8.59. The summed E-state index contributed by atoms with van der Waals surface area (Å²) < 4.78 is 5.36. The van der Waals surface area contributed by atoms with Crippen molar-refractivity contribution in [1.29, 1.82) is 0 Å². The van der Waals surface area contributed by atoms with E-state index in [9.17, 15) is 0 Å². The maximum Gasteiger partial charge on any atom is 0.191 e. The van der Waals surface area contributed by atoms with Crippen LogP contribution in [0.25, 0.3) is 0 Å². The van der Waals surface area contributed by atoms with Crippen LogP contribution in [0.15, 0.2) is 29.3 Å². The van der Waals surface area contributed by atoms with Gasteiger partial charge in [-0.1, -0.05) is 37.1 Å². The van der Waals surface area contributed by atoms with E-state index in [1.807, 2.05) is 0 Å². The van der Waals surface area contributed by atoms with E-state index in [1.54, 1.807) is 7.11 Å². The summed E-state index contributed by atoms with van der Waals surface area (Å²) in [6.07, 6.45) is 6.36. The molecule has 0 aliphatic heterocycles. The summed E-state index contributed by atoms with van der Waals surface area (Å²) in [5.74, 6) is 0.917. The molecule has 0 heterocycles. The van der Waals surface area contributed by atoms with Crippen molar-refractivity contribution in [2.24, 2.45) is 10.4 Å². The first-order valence-corrected chi connectivity index (χ1v) is 10.3. The molecule has 0 bridgehead atoms. The second kappa shape index (κ2) is 13.4. The summed E-state index contributed by atoms with van der Waals surface area (Å²) in [5.41, 5.74) is 2.99. The van der Waals surface area contributed by atoms with Crippen molar-refractivity contribution in [2.75, 3.05) is 40.9 Å². The van der Waals surface area contributed by atoms with Crippen molar-refractivity contribution in [3.8, 4) is 0 Å². The minimum atomic E-state index is 0. The third kappa shape index (κ3) is 8.25. The van der Waals surface area contributed by atoms with Gasteiger partial charge < -0.3 is 20.3 Å². The number of benzene rings is 1. The normalized spacial score (nSPS) is 16.1. The van der Waals surface area contributed by atoms with E-state index in [4.69, 9.17) is 9.73 Å². The molecule has 1 aromatic carbocycles. The Labute approximate surface area is 188 Å². The Morgan fingerprint density at radius 2 is 1.82 bits per heavy atom. The summed E-state index contributed by atoms with van der Waals surface area (Å²) >= 11 is 0. The Kier molecular flexibility index (Phi) is 12.0. The standard InChI is InChI=1S/C22H38N4O.HI/c1-5-23-21(25-18-22(14-15-27-4)12-8-9-13-22)24-16-19-10-6-7-11-20(19)17-26(2)3;/h6-7,10-11H,5,8-9,12-18H2,1-4H3,(H2,23,24,25);1H. The van der Waals surface area contributed by atoms with E-state index < -0.39 is 0 Å². The van der Waals surface area contributed by atoms with Crippen molar-refractivity contribution in [1.82, 2.24) is 15.5 Å². The lowest BCUT2D eigenvalue weighted by molar-refractivity contribution is 0.138. The number of aliphatic imine (C=N–C) groups is 1. The van der Waals surface area contributed by atoms with Crippen LogP contribution in [-0.2, 0) is 17.8 Å². The molecule has 2 rings (SSSR count). The molecule has 1 aliphatic rings. The molecule has 0 atom stereocenters. The first kappa shape index (κ1) is 25.2. The maximum absolute atomic E-state index is 5.36. The van der Waals surface area contributed by atoms with E-state index in [2.05, 4.69) is 60.8 Å².